The maximum Gasteiger partial charge on any atom is 0.170 e. The Labute approximate surface area is 107 Å². The summed E-state index contributed by atoms with van der Waals surface area (Å²) >= 11 is 0. The summed E-state index contributed by atoms with van der Waals surface area (Å²) in [6, 6.07) is 9.93. The van der Waals surface area contributed by atoms with Gasteiger partial charge in [0.1, 0.15) is 6.29 Å². The molecule has 1 saturated heterocycles. The van der Waals surface area contributed by atoms with Gasteiger partial charge in [-0.15, -0.1) is 0 Å². The van der Waals surface area contributed by atoms with Gasteiger partial charge < -0.3 is 14.3 Å². The van der Waals surface area contributed by atoms with Crippen molar-refractivity contribution >= 4 is 6.29 Å². The van der Waals surface area contributed by atoms with Crippen LogP contribution in [0.2, 0.25) is 0 Å². The number of hydrogen-bond donors (Lipinski definition) is 0. The lowest BCUT2D eigenvalue weighted by Gasteiger charge is -2.34. The molecule has 0 saturated carbocycles. The molecule has 1 aromatic carbocycles. The molecule has 0 amide bonds. The Hall–Kier alpha value is -1.23. The van der Waals surface area contributed by atoms with Crippen LogP contribution in [0.15, 0.2) is 30.3 Å². The van der Waals surface area contributed by atoms with Gasteiger partial charge in [-0.2, -0.15) is 0 Å². The second-order valence-electron chi connectivity index (χ2n) is 4.47. The van der Waals surface area contributed by atoms with Crippen molar-refractivity contribution in [2.45, 2.75) is 25.9 Å². The van der Waals surface area contributed by atoms with E-state index < -0.39 is 0 Å². The minimum atomic E-state index is -0.249. The molecule has 4 nitrogen and oxygen atoms in total. The maximum absolute atomic E-state index is 10.8. The average Bonchev–Trinajstić information content (AvgIpc) is 2.45. The molecule has 0 aliphatic carbocycles. The molecule has 1 fully saturated rings. The van der Waals surface area contributed by atoms with Crippen LogP contribution in [0.3, 0.4) is 0 Å². The monoisotopic (exact) mass is 249 g/mol. The summed E-state index contributed by atoms with van der Waals surface area (Å²) in [5, 5.41) is 0. The SMILES string of the molecule is C[C@@H](C=O)N1CCOC(OCc2ccccc2)C1. The lowest BCUT2D eigenvalue weighted by molar-refractivity contribution is -0.189. The smallest absolute Gasteiger partial charge is 0.170 e. The van der Waals surface area contributed by atoms with Crippen LogP contribution in [0, 0.1) is 0 Å². The molecule has 0 bridgehead atoms. The summed E-state index contributed by atoms with van der Waals surface area (Å²) in [7, 11) is 0. The topological polar surface area (TPSA) is 38.8 Å². The van der Waals surface area contributed by atoms with Gasteiger partial charge in [-0.1, -0.05) is 30.3 Å². The Morgan fingerprint density at radius 1 is 1.50 bits per heavy atom. The maximum atomic E-state index is 10.8. The highest BCUT2D eigenvalue weighted by molar-refractivity contribution is 5.56. The number of aldehydes is 1. The van der Waals surface area contributed by atoms with E-state index in [0.717, 1.165) is 18.4 Å². The second kappa shape index (κ2) is 6.64. The second-order valence-corrected chi connectivity index (χ2v) is 4.47. The quantitative estimate of drug-likeness (QED) is 0.740. The van der Waals surface area contributed by atoms with Crippen LogP contribution < -0.4 is 0 Å². The zero-order chi connectivity index (χ0) is 12.8. The largest absolute Gasteiger partial charge is 0.350 e. The van der Waals surface area contributed by atoms with Gasteiger partial charge in [-0.3, -0.25) is 4.90 Å². The zero-order valence-corrected chi connectivity index (χ0v) is 10.6. The highest BCUT2D eigenvalue weighted by Gasteiger charge is 2.24. The van der Waals surface area contributed by atoms with Crippen LogP contribution in [0.25, 0.3) is 0 Å². The Balaban J connectivity index is 1.81. The number of carbonyl (C=O) groups excluding carboxylic acids is 1. The van der Waals surface area contributed by atoms with Crippen LogP contribution in [0.5, 0.6) is 0 Å². The van der Waals surface area contributed by atoms with E-state index >= 15 is 0 Å². The van der Waals surface area contributed by atoms with Gasteiger partial charge in [-0.25, -0.2) is 0 Å². The third kappa shape index (κ3) is 3.63. The van der Waals surface area contributed by atoms with Gasteiger partial charge in [0, 0.05) is 6.54 Å². The van der Waals surface area contributed by atoms with Gasteiger partial charge >= 0.3 is 0 Å². The van der Waals surface area contributed by atoms with E-state index in [1.807, 2.05) is 37.3 Å². The van der Waals surface area contributed by atoms with E-state index in [4.69, 9.17) is 9.47 Å². The molecular formula is C14H19NO3. The first-order valence-electron chi connectivity index (χ1n) is 6.26. The molecule has 1 heterocycles. The van der Waals surface area contributed by atoms with Crippen molar-refractivity contribution in [3.63, 3.8) is 0 Å². The molecule has 2 rings (SSSR count). The van der Waals surface area contributed by atoms with Crippen LogP contribution in [0.1, 0.15) is 12.5 Å². The Morgan fingerprint density at radius 3 is 3.00 bits per heavy atom. The lowest BCUT2D eigenvalue weighted by atomic mass is 10.2. The van der Waals surface area contributed by atoms with E-state index in [9.17, 15) is 4.79 Å². The van der Waals surface area contributed by atoms with Crippen molar-refractivity contribution < 1.29 is 14.3 Å². The number of nitrogens with zero attached hydrogens (tertiary/aromatic N) is 1. The van der Waals surface area contributed by atoms with E-state index in [1.165, 1.54) is 0 Å². The molecule has 1 aliphatic rings. The van der Waals surface area contributed by atoms with Crippen molar-refractivity contribution in [1.82, 2.24) is 4.90 Å². The first-order valence-corrected chi connectivity index (χ1v) is 6.26. The lowest BCUT2D eigenvalue weighted by Crippen LogP contribution is -2.48. The van der Waals surface area contributed by atoms with Crippen LogP contribution in [-0.4, -0.2) is 43.2 Å². The molecule has 0 spiro atoms. The van der Waals surface area contributed by atoms with Crippen LogP contribution in [-0.2, 0) is 20.9 Å². The molecule has 1 unspecified atom stereocenters. The Kier molecular flexibility index (Phi) is 4.87. The molecule has 4 heteroatoms. The van der Waals surface area contributed by atoms with Gasteiger partial charge in [0.15, 0.2) is 6.29 Å². The van der Waals surface area contributed by atoms with Crippen molar-refractivity contribution in [2.24, 2.45) is 0 Å². The number of ether oxygens (including phenoxy) is 2. The van der Waals surface area contributed by atoms with Crippen molar-refractivity contribution in [3.8, 4) is 0 Å². The van der Waals surface area contributed by atoms with Gasteiger partial charge in [0.25, 0.3) is 0 Å². The van der Waals surface area contributed by atoms with E-state index in [-0.39, 0.29) is 12.3 Å². The van der Waals surface area contributed by atoms with Gasteiger partial charge in [0.05, 0.1) is 25.8 Å². The minimum Gasteiger partial charge on any atom is -0.350 e. The average molecular weight is 249 g/mol. The summed E-state index contributed by atoms with van der Waals surface area (Å²) < 4.78 is 11.3. The molecule has 98 valence electrons. The fraction of sp³-hybridized carbons (Fsp3) is 0.500. The highest BCUT2D eigenvalue weighted by atomic mass is 16.7. The number of rotatable bonds is 5. The number of benzene rings is 1. The van der Waals surface area contributed by atoms with E-state index in [0.29, 0.717) is 19.8 Å². The summed E-state index contributed by atoms with van der Waals surface area (Å²) in [6.07, 6.45) is 0.709. The zero-order valence-electron chi connectivity index (χ0n) is 10.6. The first-order chi connectivity index (χ1) is 8.79. The minimum absolute atomic E-state index is 0.0725. The van der Waals surface area contributed by atoms with Crippen molar-refractivity contribution in [1.29, 1.82) is 0 Å². The first kappa shape index (κ1) is 13.2. The van der Waals surface area contributed by atoms with Crippen LogP contribution in [0.4, 0.5) is 0 Å². The molecule has 1 aliphatic heterocycles. The summed E-state index contributed by atoms with van der Waals surface area (Å²) in [4.78, 5) is 12.8. The van der Waals surface area contributed by atoms with Gasteiger partial charge in [0.2, 0.25) is 0 Å². The van der Waals surface area contributed by atoms with Gasteiger partial charge in [-0.05, 0) is 12.5 Å². The normalized spacial score (nSPS) is 22.6. The predicted molar refractivity (Wildman–Crippen MR) is 68.1 cm³/mol. The molecule has 0 radical (unpaired) electrons. The number of hydrogen-bond acceptors (Lipinski definition) is 4. The molecular weight excluding hydrogens is 230 g/mol. The summed E-state index contributed by atoms with van der Waals surface area (Å²) in [6.45, 7) is 4.47. The molecule has 18 heavy (non-hydrogen) atoms. The fourth-order valence-electron chi connectivity index (χ4n) is 1.96. The Morgan fingerprint density at radius 2 is 2.28 bits per heavy atom. The Bertz CT molecular complexity index is 369. The molecule has 0 aromatic heterocycles. The standard InChI is InChI=1S/C14H19NO3/c1-12(10-16)15-7-8-17-14(9-15)18-11-13-5-3-2-4-6-13/h2-6,10,12,14H,7-9,11H2,1H3/t12-,14?/m0/s1. The summed E-state index contributed by atoms with van der Waals surface area (Å²) in [5.41, 5.74) is 1.13. The third-order valence-electron chi connectivity index (χ3n) is 3.12. The molecule has 2 atom stereocenters. The van der Waals surface area contributed by atoms with Crippen molar-refractivity contribution in [3.05, 3.63) is 35.9 Å². The number of carbonyl (C=O) groups is 1. The van der Waals surface area contributed by atoms with Crippen LogP contribution >= 0.6 is 0 Å². The third-order valence-corrected chi connectivity index (χ3v) is 3.12. The molecule has 1 aromatic rings. The van der Waals surface area contributed by atoms with E-state index in [1.54, 1.807) is 0 Å². The predicted octanol–water partition coefficient (Wildman–Crippen LogP) is 1.45. The highest BCUT2D eigenvalue weighted by Crippen LogP contribution is 2.11. The molecule has 0 N–H and O–H groups in total. The number of morpholine rings is 1. The van der Waals surface area contributed by atoms with Crippen molar-refractivity contribution in [2.75, 3.05) is 19.7 Å². The summed E-state index contributed by atoms with van der Waals surface area (Å²) in [5.74, 6) is 0. The van der Waals surface area contributed by atoms with E-state index in [2.05, 4.69) is 4.90 Å². The fourth-order valence-corrected chi connectivity index (χ4v) is 1.96.